The van der Waals surface area contributed by atoms with Crippen molar-refractivity contribution in [1.82, 2.24) is 9.88 Å². The first kappa shape index (κ1) is 16.0. The van der Waals surface area contributed by atoms with Gasteiger partial charge in [-0.2, -0.15) is 0 Å². The molecule has 0 saturated carbocycles. The number of hydrogen-bond donors (Lipinski definition) is 1. The first-order valence-electron chi connectivity index (χ1n) is 7.51. The number of hydrogen-bond acceptors (Lipinski definition) is 2. The number of nitrogens with one attached hydrogen (secondary N) is 1. The molecule has 1 atom stereocenters. The average Bonchev–Trinajstić information content (AvgIpc) is 2.46. The number of para-hydroxylation sites is 1. The normalized spacial score (nSPS) is 12.4. The van der Waals surface area contributed by atoms with Gasteiger partial charge in [-0.3, -0.25) is 9.59 Å². The number of pyridine rings is 1. The molecule has 1 amide bonds. The Morgan fingerprint density at radius 3 is 2.64 bits per heavy atom. The van der Waals surface area contributed by atoms with Crippen molar-refractivity contribution in [2.24, 2.45) is 0 Å². The SMILES string of the molecule is C=CCC(C)NC(=O)c1cc2ccccc2n(C(C)C)c1=O. The fourth-order valence-corrected chi connectivity index (χ4v) is 2.57. The average molecular weight is 298 g/mol. The van der Waals surface area contributed by atoms with Crippen LogP contribution in [0, 0.1) is 0 Å². The molecule has 116 valence electrons. The van der Waals surface area contributed by atoms with E-state index in [0.29, 0.717) is 6.42 Å². The predicted molar refractivity (Wildman–Crippen MR) is 90.3 cm³/mol. The van der Waals surface area contributed by atoms with E-state index in [4.69, 9.17) is 0 Å². The molecule has 1 N–H and O–H groups in total. The summed E-state index contributed by atoms with van der Waals surface area (Å²) in [6.07, 6.45) is 2.41. The molecule has 1 heterocycles. The smallest absolute Gasteiger partial charge is 0.264 e. The second-order valence-electron chi connectivity index (χ2n) is 5.78. The van der Waals surface area contributed by atoms with Crippen molar-refractivity contribution in [3.05, 3.63) is 58.9 Å². The minimum atomic E-state index is -0.334. The van der Waals surface area contributed by atoms with Crippen LogP contribution in [-0.4, -0.2) is 16.5 Å². The Balaban J connectivity index is 2.55. The van der Waals surface area contributed by atoms with Gasteiger partial charge < -0.3 is 9.88 Å². The summed E-state index contributed by atoms with van der Waals surface area (Å²) in [6.45, 7) is 9.43. The van der Waals surface area contributed by atoms with Crippen LogP contribution in [-0.2, 0) is 0 Å². The zero-order valence-electron chi connectivity index (χ0n) is 13.3. The summed E-state index contributed by atoms with van der Waals surface area (Å²) >= 11 is 0. The molecule has 0 bridgehead atoms. The topological polar surface area (TPSA) is 51.1 Å². The van der Waals surface area contributed by atoms with Crippen molar-refractivity contribution < 1.29 is 4.79 Å². The zero-order valence-corrected chi connectivity index (χ0v) is 13.3. The summed E-state index contributed by atoms with van der Waals surface area (Å²) in [5, 5.41) is 3.73. The van der Waals surface area contributed by atoms with E-state index in [9.17, 15) is 9.59 Å². The van der Waals surface area contributed by atoms with Crippen LogP contribution >= 0.6 is 0 Å². The maximum atomic E-state index is 12.7. The van der Waals surface area contributed by atoms with Crippen LogP contribution in [0.1, 0.15) is 43.6 Å². The molecular weight excluding hydrogens is 276 g/mol. The number of carbonyl (C=O) groups excluding carboxylic acids is 1. The fourth-order valence-electron chi connectivity index (χ4n) is 2.57. The highest BCUT2D eigenvalue weighted by molar-refractivity contribution is 5.97. The van der Waals surface area contributed by atoms with Gasteiger partial charge in [0.1, 0.15) is 5.56 Å². The highest BCUT2D eigenvalue weighted by atomic mass is 16.2. The molecule has 0 fully saturated rings. The van der Waals surface area contributed by atoms with Gasteiger partial charge in [0.05, 0.1) is 5.52 Å². The van der Waals surface area contributed by atoms with Crippen molar-refractivity contribution in [1.29, 1.82) is 0 Å². The molecule has 4 nitrogen and oxygen atoms in total. The monoisotopic (exact) mass is 298 g/mol. The van der Waals surface area contributed by atoms with Gasteiger partial charge in [0.15, 0.2) is 0 Å². The van der Waals surface area contributed by atoms with E-state index in [2.05, 4.69) is 11.9 Å². The molecule has 0 radical (unpaired) electrons. The molecule has 0 spiro atoms. The molecule has 0 saturated heterocycles. The van der Waals surface area contributed by atoms with Gasteiger partial charge >= 0.3 is 0 Å². The van der Waals surface area contributed by atoms with E-state index in [1.54, 1.807) is 16.7 Å². The fraction of sp³-hybridized carbons (Fsp3) is 0.333. The van der Waals surface area contributed by atoms with E-state index in [-0.39, 0.29) is 29.1 Å². The summed E-state index contributed by atoms with van der Waals surface area (Å²) in [7, 11) is 0. The molecule has 22 heavy (non-hydrogen) atoms. The van der Waals surface area contributed by atoms with Crippen LogP contribution in [0.4, 0.5) is 0 Å². The molecular formula is C18H22N2O2. The van der Waals surface area contributed by atoms with E-state index in [0.717, 1.165) is 10.9 Å². The van der Waals surface area contributed by atoms with Gasteiger partial charge in [-0.15, -0.1) is 6.58 Å². The third-order valence-corrected chi connectivity index (χ3v) is 3.60. The molecule has 1 aromatic heterocycles. The van der Waals surface area contributed by atoms with Crippen molar-refractivity contribution in [3.63, 3.8) is 0 Å². The molecule has 1 unspecified atom stereocenters. The number of nitrogens with zero attached hydrogens (tertiary/aromatic N) is 1. The second kappa shape index (κ2) is 6.60. The van der Waals surface area contributed by atoms with Gasteiger partial charge in [-0.1, -0.05) is 24.3 Å². The van der Waals surface area contributed by atoms with Crippen LogP contribution in [0.25, 0.3) is 10.9 Å². The molecule has 0 aliphatic heterocycles. The zero-order chi connectivity index (χ0) is 16.3. The van der Waals surface area contributed by atoms with Gasteiger partial charge in [0.25, 0.3) is 11.5 Å². The molecule has 2 aromatic rings. The maximum absolute atomic E-state index is 12.7. The molecule has 0 aliphatic rings. The first-order chi connectivity index (χ1) is 10.5. The van der Waals surface area contributed by atoms with Crippen molar-refractivity contribution in [2.45, 2.75) is 39.3 Å². The first-order valence-corrected chi connectivity index (χ1v) is 7.51. The van der Waals surface area contributed by atoms with Gasteiger partial charge in [-0.25, -0.2) is 0 Å². The number of amides is 1. The van der Waals surface area contributed by atoms with E-state index < -0.39 is 0 Å². The number of benzene rings is 1. The lowest BCUT2D eigenvalue weighted by Crippen LogP contribution is -2.37. The minimum absolute atomic E-state index is 0.0178. The third-order valence-electron chi connectivity index (χ3n) is 3.60. The highest BCUT2D eigenvalue weighted by Gasteiger charge is 2.18. The number of fused-ring (bicyclic) bond motifs is 1. The van der Waals surface area contributed by atoms with Crippen LogP contribution < -0.4 is 10.9 Å². The van der Waals surface area contributed by atoms with E-state index in [1.165, 1.54) is 0 Å². The summed E-state index contributed by atoms with van der Waals surface area (Å²) in [5.74, 6) is -0.334. The maximum Gasteiger partial charge on any atom is 0.264 e. The molecule has 1 aromatic carbocycles. The van der Waals surface area contributed by atoms with Crippen LogP contribution in [0.5, 0.6) is 0 Å². The highest BCUT2D eigenvalue weighted by Crippen LogP contribution is 2.17. The van der Waals surface area contributed by atoms with Crippen LogP contribution in [0.3, 0.4) is 0 Å². The summed E-state index contributed by atoms with van der Waals surface area (Å²) in [4.78, 5) is 25.1. The number of rotatable bonds is 5. The van der Waals surface area contributed by atoms with Gasteiger partial charge in [0, 0.05) is 12.1 Å². The van der Waals surface area contributed by atoms with Crippen molar-refractivity contribution in [2.75, 3.05) is 0 Å². The number of aromatic nitrogens is 1. The quantitative estimate of drug-likeness (QED) is 0.861. The Morgan fingerprint density at radius 1 is 1.32 bits per heavy atom. The summed E-state index contributed by atoms with van der Waals surface area (Å²) < 4.78 is 1.67. The molecule has 2 rings (SSSR count). The van der Waals surface area contributed by atoms with Gasteiger partial charge in [0.2, 0.25) is 0 Å². The van der Waals surface area contributed by atoms with Crippen molar-refractivity contribution in [3.8, 4) is 0 Å². The Bertz CT molecular complexity index is 759. The third kappa shape index (κ3) is 3.11. The Labute approximate surface area is 130 Å². The predicted octanol–water partition coefficient (Wildman–Crippen LogP) is 3.28. The lowest BCUT2D eigenvalue weighted by atomic mass is 10.1. The lowest BCUT2D eigenvalue weighted by Gasteiger charge is -2.17. The second-order valence-corrected chi connectivity index (χ2v) is 5.78. The summed E-state index contributed by atoms with van der Waals surface area (Å²) in [6, 6.07) is 9.22. The molecule has 4 heteroatoms. The lowest BCUT2D eigenvalue weighted by molar-refractivity contribution is 0.0938. The van der Waals surface area contributed by atoms with E-state index >= 15 is 0 Å². The largest absolute Gasteiger partial charge is 0.349 e. The Hall–Kier alpha value is -2.36. The van der Waals surface area contributed by atoms with Gasteiger partial charge in [-0.05, 0) is 44.7 Å². The summed E-state index contributed by atoms with van der Waals surface area (Å²) in [5.41, 5.74) is 0.776. The van der Waals surface area contributed by atoms with Crippen LogP contribution in [0.15, 0.2) is 47.8 Å². The molecule has 0 aliphatic carbocycles. The van der Waals surface area contributed by atoms with Crippen LogP contribution in [0.2, 0.25) is 0 Å². The Morgan fingerprint density at radius 2 is 2.00 bits per heavy atom. The number of carbonyl (C=O) groups is 1. The van der Waals surface area contributed by atoms with Crippen molar-refractivity contribution >= 4 is 16.8 Å². The van der Waals surface area contributed by atoms with E-state index in [1.807, 2.05) is 45.0 Å². The Kier molecular flexibility index (Phi) is 4.81. The standard InChI is InChI=1S/C18H22N2O2/c1-5-8-13(4)19-17(21)15-11-14-9-6-7-10-16(14)20(12(2)3)18(15)22/h5-7,9-13H,1,8H2,2-4H3,(H,19,21). The minimum Gasteiger partial charge on any atom is -0.349 e.